The SMILES string of the molecule is C1=[N+](c2[c-]c(Oc3[c-]c4c(cc3)c3ccccc3n4-c3ncccn3)ccc2)c2ccc3ccccc3c2[N+]=1c1c(-c2ccccc2)cccc1-c1ccccc1.[Pt+2]. The van der Waals surface area contributed by atoms with Crippen molar-refractivity contribution in [3.8, 4) is 39.7 Å². The molecule has 1 aliphatic heterocycles. The molecule has 274 valence electrons. The van der Waals surface area contributed by atoms with E-state index >= 15 is 0 Å². The van der Waals surface area contributed by atoms with Crippen molar-refractivity contribution in [1.82, 2.24) is 23.7 Å². The van der Waals surface area contributed by atoms with Crippen LogP contribution in [0.15, 0.2) is 188 Å². The third-order valence-corrected chi connectivity index (χ3v) is 10.5. The third-order valence-electron chi connectivity index (χ3n) is 10.5. The summed E-state index contributed by atoms with van der Waals surface area (Å²) in [6, 6.07) is 71.5. The Balaban J connectivity index is 0.00000408. The fourth-order valence-electron chi connectivity index (χ4n) is 7.99. The first-order valence-corrected chi connectivity index (χ1v) is 18.8. The quantitative estimate of drug-likeness (QED) is 0.118. The van der Waals surface area contributed by atoms with Crippen LogP contribution in [-0.4, -0.2) is 20.5 Å². The van der Waals surface area contributed by atoms with E-state index in [-0.39, 0.29) is 21.1 Å². The predicted molar refractivity (Wildman–Crippen MR) is 230 cm³/mol. The minimum atomic E-state index is 0. The summed E-state index contributed by atoms with van der Waals surface area (Å²) in [6.45, 7) is 0. The van der Waals surface area contributed by atoms with Crippen LogP contribution >= 0.6 is 0 Å². The van der Waals surface area contributed by atoms with Gasteiger partial charge in [-0.2, -0.15) is 12.1 Å². The maximum Gasteiger partial charge on any atom is 2.00 e. The Morgan fingerprint density at radius 3 is 1.91 bits per heavy atom. The Kier molecular flexibility index (Phi) is 8.91. The van der Waals surface area contributed by atoms with Crippen LogP contribution in [0, 0.1) is 12.1 Å². The minimum absolute atomic E-state index is 0. The third kappa shape index (κ3) is 5.95. The summed E-state index contributed by atoms with van der Waals surface area (Å²) in [6.07, 6.45) is 3.50. The number of rotatable bonds is 7. The molecule has 0 radical (unpaired) electrons. The van der Waals surface area contributed by atoms with Gasteiger partial charge in [0.2, 0.25) is 11.6 Å². The molecule has 0 saturated heterocycles. The van der Waals surface area contributed by atoms with Crippen molar-refractivity contribution in [2.45, 2.75) is 0 Å². The molecule has 6 nitrogen and oxygen atoms in total. The van der Waals surface area contributed by atoms with Crippen molar-refractivity contribution in [2.75, 3.05) is 0 Å². The van der Waals surface area contributed by atoms with Crippen LogP contribution in [-0.2, 0) is 21.1 Å². The van der Waals surface area contributed by atoms with Crippen molar-refractivity contribution in [3.05, 3.63) is 200 Å². The van der Waals surface area contributed by atoms with Crippen LogP contribution in [0.1, 0.15) is 0 Å². The topological polar surface area (TPSA) is 46.0 Å². The molecular weight excluding hydrogens is 894 g/mol. The van der Waals surface area contributed by atoms with Crippen molar-refractivity contribution < 1.29 is 25.8 Å². The van der Waals surface area contributed by atoms with E-state index in [1.807, 2.05) is 47.0 Å². The number of hydrogen-bond donors (Lipinski definition) is 0. The molecule has 2 aromatic heterocycles. The van der Waals surface area contributed by atoms with Gasteiger partial charge < -0.3 is 9.30 Å². The van der Waals surface area contributed by atoms with Gasteiger partial charge >= 0.3 is 32.8 Å². The largest absolute Gasteiger partial charge is 2.00 e. The van der Waals surface area contributed by atoms with E-state index in [0.717, 1.165) is 77.6 Å². The molecule has 3 heterocycles. The Morgan fingerprint density at radius 2 is 1.16 bits per heavy atom. The first-order valence-electron chi connectivity index (χ1n) is 18.8. The van der Waals surface area contributed by atoms with Crippen molar-refractivity contribution in [1.29, 1.82) is 0 Å². The van der Waals surface area contributed by atoms with Gasteiger partial charge in [-0.05, 0) is 62.9 Å². The van der Waals surface area contributed by atoms with Crippen molar-refractivity contribution in [3.63, 3.8) is 0 Å². The Morgan fingerprint density at radius 1 is 0.500 bits per heavy atom. The molecule has 0 aliphatic carbocycles. The maximum atomic E-state index is 6.56. The fraction of sp³-hybridized carbons (Fsp3) is 0. The van der Waals surface area contributed by atoms with Crippen LogP contribution in [0.2, 0.25) is 0 Å². The molecule has 0 atom stereocenters. The maximum absolute atomic E-state index is 6.56. The molecule has 10 aromatic rings. The van der Waals surface area contributed by atoms with Gasteiger partial charge in [-0.15, -0.1) is 23.6 Å². The van der Waals surface area contributed by atoms with Crippen molar-refractivity contribution >= 4 is 61.3 Å². The van der Waals surface area contributed by atoms with Gasteiger partial charge in [0.05, 0.1) is 16.5 Å². The second-order valence-electron chi connectivity index (χ2n) is 13.8. The number of hydrogen-bond acceptors (Lipinski definition) is 3. The summed E-state index contributed by atoms with van der Waals surface area (Å²) in [5.41, 5.74) is 10.2. The van der Waals surface area contributed by atoms with Crippen LogP contribution in [0.4, 0.5) is 22.7 Å². The van der Waals surface area contributed by atoms with Crippen molar-refractivity contribution in [2.24, 2.45) is 0 Å². The normalized spacial score (nSPS) is 11.9. The van der Waals surface area contributed by atoms with E-state index in [1.54, 1.807) is 12.4 Å². The molecule has 7 heteroatoms. The number of para-hydroxylation sites is 2. The van der Waals surface area contributed by atoms with Gasteiger partial charge in [0.15, 0.2) is 0 Å². The molecule has 1 aliphatic rings. The molecule has 0 fully saturated rings. The summed E-state index contributed by atoms with van der Waals surface area (Å²) in [7, 11) is 0. The molecule has 0 bridgehead atoms. The summed E-state index contributed by atoms with van der Waals surface area (Å²) >= 11 is 0. The Labute approximate surface area is 349 Å². The van der Waals surface area contributed by atoms with E-state index in [0.29, 0.717) is 17.4 Å². The summed E-state index contributed by atoms with van der Waals surface area (Å²) < 4.78 is 12.9. The first-order chi connectivity index (χ1) is 28.3. The summed E-state index contributed by atoms with van der Waals surface area (Å²) in [5, 5.41) is 4.41. The van der Waals surface area contributed by atoms with Crippen LogP contribution in [0.5, 0.6) is 11.5 Å². The average molecular weight is 925 g/mol. The molecule has 11 rings (SSSR count). The molecule has 0 spiro atoms. The molecule has 0 unspecified atom stereocenters. The van der Waals surface area contributed by atoms with Gasteiger partial charge in [0, 0.05) is 35.5 Å². The number of fused-ring (bicyclic) bond motifs is 6. The molecule has 0 amide bonds. The van der Waals surface area contributed by atoms with E-state index in [4.69, 9.17) is 4.74 Å². The zero-order valence-electron chi connectivity index (χ0n) is 30.9. The number of nitrogens with zero attached hydrogens (tertiary/aromatic N) is 5. The van der Waals surface area contributed by atoms with Gasteiger partial charge in [-0.1, -0.05) is 125 Å². The second-order valence-corrected chi connectivity index (χ2v) is 13.8. The number of aromatic nitrogens is 3. The van der Waals surface area contributed by atoms with E-state index in [1.165, 1.54) is 0 Å². The predicted octanol–water partition coefficient (Wildman–Crippen LogP) is 12.3. The van der Waals surface area contributed by atoms with E-state index in [2.05, 4.69) is 171 Å². The van der Waals surface area contributed by atoms with E-state index in [9.17, 15) is 0 Å². The van der Waals surface area contributed by atoms with Gasteiger partial charge in [-0.3, -0.25) is 0 Å². The number of ether oxygens (including phenoxy) is 1. The van der Waals surface area contributed by atoms with Gasteiger partial charge in [0.25, 0.3) is 5.69 Å². The fourth-order valence-corrected chi connectivity index (χ4v) is 7.99. The summed E-state index contributed by atoms with van der Waals surface area (Å²) in [4.78, 5) is 9.14. The van der Waals surface area contributed by atoms with Gasteiger partial charge in [0.1, 0.15) is 5.69 Å². The van der Waals surface area contributed by atoms with E-state index < -0.39 is 0 Å². The van der Waals surface area contributed by atoms with Crippen LogP contribution in [0.25, 0.3) is 60.8 Å². The van der Waals surface area contributed by atoms with Gasteiger partial charge in [-0.25, -0.2) is 9.97 Å². The smallest absolute Gasteiger partial charge is 0.509 e. The molecule has 0 N–H and O–H groups in total. The average Bonchev–Trinajstić information content (AvgIpc) is 3.83. The first kappa shape index (κ1) is 35.2. The molecule has 0 saturated carbocycles. The second kappa shape index (κ2) is 14.7. The van der Waals surface area contributed by atoms with Crippen LogP contribution < -0.4 is 13.9 Å². The monoisotopic (exact) mass is 924 g/mol. The Hall–Kier alpha value is -7.23. The standard InChI is InChI=1S/C51H31N5O.Pt/c1-3-14-35(15-4-1)41-23-12-24-42(36-16-5-2-6-17-36)49(41)55-34-54(47-29-26-37-18-7-8-21-43(37)50(47)55)38-19-11-20-39(32-38)57-40-27-28-45-44-22-9-10-25-46(44)56(48(45)33-40)51-52-30-13-31-53-51;/h1-31H;/q;+2. The minimum Gasteiger partial charge on any atom is -0.509 e. The number of benzene rings is 8. The zero-order chi connectivity index (χ0) is 37.7. The van der Waals surface area contributed by atoms with Crippen LogP contribution in [0.3, 0.4) is 0 Å². The zero-order valence-corrected chi connectivity index (χ0v) is 33.1. The molecule has 8 aromatic carbocycles. The summed E-state index contributed by atoms with van der Waals surface area (Å²) in [5.74, 6) is 1.69. The Bertz CT molecular complexity index is 3190. The molecular formula is C51H31N5OPt+2. The molecule has 58 heavy (non-hydrogen) atoms.